The molecule has 5 fully saturated rings. The number of hydrogen-bond acceptors (Lipinski definition) is 7. The van der Waals surface area contributed by atoms with Crippen LogP contribution in [0.5, 0.6) is 0 Å². The van der Waals surface area contributed by atoms with Crippen molar-refractivity contribution in [2.45, 2.75) is 123 Å². The van der Waals surface area contributed by atoms with Gasteiger partial charge in [0.1, 0.15) is 0 Å². The van der Waals surface area contributed by atoms with Crippen molar-refractivity contribution in [2.75, 3.05) is 13.2 Å². The van der Waals surface area contributed by atoms with Gasteiger partial charge in [0.15, 0.2) is 0 Å². The highest BCUT2D eigenvalue weighted by molar-refractivity contribution is 5.20. The molecule has 0 bridgehead atoms. The van der Waals surface area contributed by atoms with E-state index in [0.29, 0.717) is 12.3 Å². The Bertz CT molecular complexity index is 846. The van der Waals surface area contributed by atoms with Crippen LogP contribution in [-0.2, 0) is 4.74 Å². The van der Waals surface area contributed by atoms with Crippen LogP contribution in [0.4, 0.5) is 0 Å². The molecule has 38 heavy (non-hydrogen) atoms. The molecule has 4 saturated carbocycles. The van der Waals surface area contributed by atoms with Gasteiger partial charge in [0.05, 0.1) is 36.6 Å². The Morgan fingerprint density at radius 2 is 1.55 bits per heavy atom. The summed E-state index contributed by atoms with van der Waals surface area (Å²) in [7, 11) is 0. The summed E-state index contributed by atoms with van der Waals surface area (Å²) >= 11 is 0. The van der Waals surface area contributed by atoms with Gasteiger partial charge in [-0.15, -0.1) is 0 Å². The highest BCUT2D eigenvalue weighted by atomic mass is 16.5. The summed E-state index contributed by atoms with van der Waals surface area (Å²) in [6.07, 6.45) is 1.67. The molecule has 220 valence electrons. The summed E-state index contributed by atoms with van der Waals surface area (Å²) in [5.74, 6) is -0.669. The zero-order valence-corrected chi connectivity index (χ0v) is 24.2. The van der Waals surface area contributed by atoms with E-state index < -0.39 is 53.9 Å². The molecule has 15 atom stereocenters. The van der Waals surface area contributed by atoms with Gasteiger partial charge in [-0.25, -0.2) is 0 Å². The lowest BCUT2D eigenvalue weighted by molar-refractivity contribution is -0.302. The van der Waals surface area contributed by atoms with Crippen molar-refractivity contribution in [2.24, 2.45) is 57.7 Å². The van der Waals surface area contributed by atoms with Gasteiger partial charge in [-0.05, 0) is 92.8 Å². The second-order valence-corrected chi connectivity index (χ2v) is 15.2. The average Bonchev–Trinajstić information content (AvgIpc) is 2.81. The van der Waals surface area contributed by atoms with Crippen LogP contribution in [0.1, 0.15) is 86.0 Å². The Balaban J connectivity index is 1.46. The average molecular weight is 539 g/mol. The summed E-state index contributed by atoms with van der Waals surface area (Å²) in [5, 5.41) is 69.1. The lowest BCUT2D eigenvalue weighted by Crippen LogP contribution is -2.73. The second-order valence-electron chi connectivity index (χ2n) is 15.2. The molecular formula is C31H54O7. The Morgan fingerprint density at radius 1 is 0.895 bits per heavy atom. The molecule has 0 radical (unpaired) electrons. The highest BCUT2D eigenvalue weighted by Gasteiger charge is 2.71. The number of hydrogen-bond donors (Lipinski definition) is 6. The summed E-state index contributed by atoms with van der Waals surface area (Å²) in [6, 6.07) is 0. The zero-order valence-electron chi connectivity index (χ0n) is 24.2. The SMILES string of the molecule is CC(O)C1C(C)CC2(C)CC3(C)CC4C(C(O)CC5CCOCC5)CCC(O)C4C(O)C3C(O)C2(C)C1O. The van der Waals surface area contributed by atoms with Gasteiger partial charge < -0.3 is 35.4 Å². The van der Waals surface area contributed by atoms with Crippen LogP contribution in [-0.4, -0.2) is 80.5 Å². The summed E-state index contributed by atoms with van der Waals surface area (Å²) in [5.41, 5.74) is -1.65. The van der Waals surface area contributed by atoms with Crippen LogP contribution in [0, 0.1) is 57.7 Å². The number of aliphatic hydroxyl groups is 6. The molecule has 0 aromatic heterocycles. The van der Waals surface area contributed by atoms with Crippen LogP contribution in [0.15, 0.2) is 0 Å². The molecule has 1 heterocycles. The molecular weight excluding hydrogens is 484 g/mol. The minimum atomic E-state index is -0.967. The molecule has 6 N–H and O–H groups in total. The first-order valence-electron chi connectivity index (χ1n) is 15.4. The number of fused-ring (bicyclic) bond motifs is 3. The maximum Gasteiger partial charge on any atom is 0.0682 e. The van der Waals surface area contributed by atoms with Crippen molar-refractivity contribution in [3.63, 3.8) is 0 Å². The largest absolute Gasteiger partial charge is 0.393 e. The van der Waals surface area contributed by atoms with Gasteiger partial charge in [-0.2, -0.15) is 0 Å². The molecule has 0 spiro atoms. The topological polar surface area (TPSA) is 131 Å². The van der Waals surface area contributed by atoms with E-state index in [9.17, 15) is 30.6 Å². The van der Waals surface area contributed by atoms with Crippen LogP contribution >= 0.6 is 0 Å². The first-order chi connectivity index (χ1) is 17.7. The first-order valence-corrected chi connectivity index (χ1v) is 15.4. The van der Waals surface area contributed by atoms with Gasteiger partial charge in [0.2, 0.25) is 0 Å². The van der Waals surface area contributed by atoms with Crippen molar-refractivity contribution in [1.29, 1.82) is 0 Å². The fourth-order valence-corrected chi connectivity index (χ4v) is 11.1. The fourth-order valence-electron chi connectivity index (χ4n) is 11.1. The van der Waals surface area contributed by atoms with Crippen molar-refractivity contribution in [3.8, 4) is 0 Å². The van der Waals surface area contributed by atoms with E-state index in [-0.39, 0.29) is 34.5 Å². The Kier molecular flexibility index (Phi) is 7.86. The van der Waals surface area contributed by atoms with Gasteiger partial charge in [0, 0.05) is 36.4 Å². The van der Waals surface area contributed by atoms with Crippen molar-refractivity contribution >= 4 is 0 Å². The van der Waals surface area contributed by atoms with E-state index in [2.05, 4.69) is 20.8 Å². The third-order valence-corrected chi connectivity index (χ3v) is 13.0. The van der Waals surface area contributed by atoms with Gasteiger partial charge >= 0.3 is 0 Å². The number of rotatable bonds is 4. The highest BCUT2D eigenvalue weighted by Crippen LogP contribution is 2.70. The maximum absolute atomic E-state index is 12.1. The molecule has 1 saturated heterocycles. The van der Waals surface area contributed by atoms with Gasteiger partial charge in [0.25, 0.3) is 0 Å². The summed E-state index contributed by atoms with van der Waals surface area (Å²) in [6.45, 7) is 11.6. The third-order valence-electron chi connectivity index (χ3n) is 13.0. The predicted molar refractivity (Wildman–Crippen MR) is 144 cm³/mol. The van der Waals surface area contributed by atoms with E-state index in [0.717, 1.165) is 58.2 Å². The van der Waals surface area contributed by atoms with Crippen molar-refractivity contribution in [3.05, 3.63) is 0 Å². The monoisotopic (exact) mass is 538 g/mol. The lowest BCUT2D eigenvalue weighted by atomic mass is 9.36. The Labute approximate surface area is 229 Å². The van der Waals surface area contributed by atoms with Gasteiger partial charge in [-0.3, -0.25) is 0 Å². The first kappa shape index (κ1) is 29.2. The Morgan fingerprint density at radius 3 is 2.18 bits per heavy atom. The van der Waals surface area contributed by atoms with E-state index in [1.165, 1.54) is 0 Å². The Hall–Kier alpha value is -0.280. The van der Waals surface area contributed by atoms with Crippen LogP contribution < -0.4 is 0 Å². The third kappa shape index (κ3) is 4.33. The normalized spacial score (nSPS) is 55.3. The molecule has 0 amide bonds. The number of ether oxygens (including phenoxy) is 1. The van der Waals surface area contributed by atoms with Crippen LogP contribution in [0.25, 0.3) is 0 Å². The van der Waals surface area contributed by atoms with Crippen molar-refractivity contribution in [1.82, 2.24) is 0 Å². The summed E-state index contributed by atoms with van der Waals surface area (Å²) in [4.78, 5) is 0. The van der Waals surface area contributed by atoms with Gasteiger partial charge in [-0.1, -0.05) is 27.7 Å². The zero-order chi connectivity index (χ0) is 27.8. The molecule has 0 aromatic carbocycles. The predicted octanol–water partition coefficient (Wildman–Crippen LogP) is 2.73. The van der Waals surface area contributed by atoms with E-state index in [4.69, 9.17) is 4.74 Å². The minimum absolute atomic E-state index is 0.0128. The molecule has 7 nitrogen and oxygen atoms in total. The molecule has 7 heteroatoms. The molecule has 4 aliphatic carbocycles. The fraction of sp³-hybridized carbons (Fsp3) is 1.00. The summed E-state index contributed by atoms with van der Waals surface area (Å²) < 4.78 is 5.52. The van der Waals surface area contributed by atoms with Crippen molar-refractivity contribution < 1.29 is 35.4 Å². The molecule has 5 rings (SSSR count). The minimum Gasteiger partial charge on any atom is -0.393 e. The van der Waals surface area contributed by atoms with E-state index in [1.54, 1.807) is 6.92 Å². The smallest absolute Gasteiger partial charge is 0.0682 e. The quantitative estimate of drug-likeness (QED) is 0.325. The maximum atomic E-state index is 12.1. The standard InChI is InChI=1S/C31H54O7/c1-16-13-30(4)15-29(3)14-20-19(22(34)12-18-8-10-38-11-9-18)6-7-21(33)24(20)26(35)25(29)28(37)31(30,5)27(36)23(16)17(2)32/h16-28,32-37H,6-15H2,1-5H3. The van der Waals surface area contributed by atoms with E-state index in [1.807, 2.05) is 6.92 Å². The molecule has 15 unspecified atom stereocenters. The molecule has 5 aliphatic rings. The molecule has 1 aliphatic heterocycles. The second kappa shape index (κ2) is 10.2. The van der Waals surface area contributed by atoms with E-state index >= 15 is 0 Å². The lowest BCUT2D eigenvalue weighted by Gasteiger charge is -2.71. The van der Waals surface area contributed by atoms with Crippen LogP contribution in [0.3, 0.4) is 0 Å². The molecule has 0 aromatic rings. The number of aliphatic hydroxyl groups excluding tert-OH is 6. The van der Waals surface area contributed by atoms with Crippen LogP contribution in [0.2, 0.25) is 0 Å².